The van der Waals surface area contributed by atoms with Crippen LogP contribution in [-0.4, -0.2) is 31.9 Å². The van der Waals surface area contributed by atoms with Gasteiger partial charge in [0.05, 0.1) is 10.9 Å². The number of carboxylic acid groups (broad SMARTS) is 1. The van der Waals surface area contributed by atoms with Crippen LogP contribution in [0.25, 0.3) is 22.2 Å². The zero-order valence-corrected chi connectivity index (χ0v) is 19.2. The zero-order valence-electron chi connectivity index (χ0n) is 19.2. The van der Waals surface area contributed by atoms with Gasteiger partial charge in [0.25, 0.3) is 0 Å². The number of hydrogen-bond donors (Lipinski definition) is 4. The Morgan fingerprint density at radius 1 is 1.05 bits per heavy atom. The van der Waals surface area contributed by atoms with Crippen LogP contribution in [0.15, 0.2) is 54.6 Å². The molecule has 2 aromatic heterocycles. The van der Waals surface area contributed by atoms with Gasteiger partial charge in [-0.15, -0.1) is 0 Å². The normalized spacial score (nSPS) is 13.5. The van der Waals surface area contributed by atoms with E-state index in [0.29, 0.717) is 16.7 Å². The van der Waals surface area contributed by atoms with Crippen molar-refractivity contribution in [2.75, 3.05) is 16.4 Å². The first-order chi connectivity index (χ1) is 17.6. The molecule has 1 aliphatic rings. The first-order valence-electron chi connectivity index (χ1n) is 11.3. The van der Waals surface area contributed by atoms with Gasteiger partial charge in [-0.05, 0) is 60.4 Å². The van der Waals surface area contributed by atoms with Crippen molar-refractivity contribution in [3.05, 3.63) is 65.9 Å². The highest BCUT2D eigenvalue weighted by atomic mass is 19.4. The van der Waals surface area contributed by atoms with Crippen molar-refractivity contribution in [1.29, 1.82) is 0 Å². The summed E-state index contributed by atoms with van der Waals surface area (Å²) in [5.74, 6) is -0.620. The molecule has 0 saturated heterocycles. The second kappa shape index (κ2) is 9.12. The van der Waals surface area contributed by atoms with Gasteiger partial charge in [0.2, 0.25) is 0 Å². The van der Waals surface area contributed by atoms with E-state index >= 15 is 0 Å². The van der Waals surface area contributed by atoms with Crippen LogP contribution in [0.3, 0.4) is 0 Å². The van der Waals surface area contributed by atoms with E-state index in [1.807, 2.05) is 6.07 Å². The van der Waals surface area contributed by atoms with Crippen molar-refractivity contribution < 1.29 is 27.9 Å². The highest BCUT2D eigenvalue weighted by Crippen LogP contribution is 2.43. The molecule has 0 aliphatic heterocycles. The van der Waals surface area contributed by atoms with Gasteiger partial charge >= 0.3 is 18.2 Å². The molecule has 5 N–H and O–H groups in total. The van der Waals surface area contributed by atoms with Crippen molar-refractivity contribution in [1.82, 2.24) is 14.8 Å². The number of carboxylic acids is 1. The summed E-state index contributed by atoms with van der Waals surface area (Å²) in [6.45, 7) is -0.377. The van der Waals surface area contributed by atoms with Crippen molar-refractivity contribution >= 4 is 40.2 Å². The molecule has 1 aliphatic carbocycles. The Hall–Kier alpha value is -4.61. The third-order valence-electron chi connectivity index (χ3n) is 5.93. The number of benzene rings is 2. The fraction of sp³-hybridized carbons (Fsp3) is 0.200. The maximum absolute atomic E-state index is 12.9. The fourth-order valence-corrected chi connectivity index (χ4v) is 4.07. The Morgan fingerprint density at radius 2 is 1.76 bits per heavy atom. The van der Waals surface area contributed by atoms with Gasteiger partial charge in [-0.25, -0.2) is 14.5 Å². The van der Waals surface area contributed by atoms with Gasteiger partial charge in [0.15, 0.2) is 11.5 Å². The van der Waals surface area contributed by atoms with E-state index in [1.165, 1.54) is 16.8 Å². The first kappa shape index (κ1) is 24.1. The number of nitrogens with two attached hydrogens (primary N) is 1. The van der Waals surface area contributed by atoms with Gasteiger partial charge in [-0.3, -0.25) is 4.79 Å². The lowest BCUT2D eigenvalue weighted by molar-refractivity contribution is -0.138. The number of anilines is 3. The quantitative estimate of drug-likeness (QED) is 0.278. The van der Waals surface area contributed by atoms with Crippen LogP contribution in [0.5, 0.6) is 0 Å². The number of halogens is 3. The summed E-state index contributed by atoms with van der Waals surface area (Å²) in [6, 6.07) is 12.3. The van der Waals surface area contributed by atoms with Crippen molar-refractivity contribution in [2.24, 2.45) is 0 Å². The molecule has 0 atom stereocenters. The second-order valence-electron chi connectivity index (χ2n) is 8.74. The maximum atomic E-state index is 12.9. The minimum atomic E-state index is -4.52. The van der Waals surface area contributed by atoms with E-state index in [4.69, 9.17) is 5.73 Å². The molecule has 190 valence electrons. The average Bonchev–Trinajstić information content (AvgIpc) is 3.64. The molecule has 2 heterocycles. The molecule has 0 unspecified atom stereocenters. The summed E-state index contributed by atoms with van der Waals surface area (Å²) in [6.07, 6.45) is -2.54. The molecule has 1 fully saturated rings. The predicted octanol–water partition coefficient (Wildman–Crippen LogP) is 5.31. The molecular weight excluding hydrogens is 489 g/mol. The number of aliphatic carboxylic acids is 1. The molecule has 4 aromatic rings. The Morgan fingerprint density at radius 3 is 2.41 bits per heavy atom. The van der Waals surface area contributed by atoms with Gasteiger partial charge in [0, 0.05) is 23.0 Å². The van der Waals surface area contributed by atoms with E-state index in [-0.39, 0.29) is 24.0 Å². The number of urea groups is 1. The van der Waals surface area contributed by atoms with Crippen molar-refractivity contribution in [3.63, 3.8) is 0 Å². The summed E-state index contributed by atoms with van der Waals surface area (Å²) < 4.78 is 40.0. The number of nitrogen functional groups attached to an aromatic ring is 1. The van der Waals surface area contributed by atoms with E-state index < -0.39 is 23.7 Å². The number of aromatic nitrogens is 3. The highest BCUT2D eigenvalue weighted by Gasteiger charge is 2.30. The summed E-state index contributed by atoms with van der Waals surface area (Å²) >= 11 is 0. The van der Waals surface area contributed by atoms with Crippen LogP contribution < -0.4 is 16.4 Å². The topological polar surface area (TPSA) is 135 Å². The van der Waals surface area contributed by atoms with Crippen LogP contribution in [0, 0.1) is 0 Å². The summed E-state index contributed by atoms with van der Waals surface area (Å²) in [5.41, 5.74) is 8.40. The number of nitrogens with one attached hydrogen (secondary N) is 2. The standard InChI is InChI=1S/C25H21F3N6O3/c26-25(27,28)15-2-1-3-17(10-15)31-24(37)30-16-8-6-13(7-9-16)18-11-19(14-4-5-14)32-23-21(18)22(29)33-34(23)12-20(35)36/h1-3,6-11,14H,4-5,12H2,(H2,29,33)(H,35,36)(H2,30,31,37). The number of nitrogens with zero attached hydrogens (tertiary/aromatic N) is 3. The monoisotopic (exact) mass is 510 g/mol. The molecule has 37 heavy (non-hydrogen) atoms. The van der Waals surface area contributed by atoms with E-state index in [2.05, 4.69) is 20.7 Å². The number of amides is 2. The van der Waals surface area contributed by atoms with Crippen LogP contribution in [-0.2, 0) is 17.5 Å². The van der Waals surface area contributed by atoms with Crippen LogP contribution >= 0.6 is 0 Å². The lowest BCUT2D eigenvalue weighted by Crippen LogP contribution is -2.19. The Labute approximate surface area is 208 Å². The number of pyridine rings is 1. The lowest BCUT2D eigenvalue weighted by atomic mass is 10.0. The summed E-state index contributed by atoms with van der Waals surface area (Å²) in [7, 11) is 0. The van der Waals surface area contributed by atoms with E-state index in [0.717, 1.165) is 41.8 Å². The number of alkyl halides is 3. The average molecular weight is 510 g/mol. The number of carbonyl (C=O) groups excluding carboxylic acids is 1. The van der Waals surface area contributed by atoms with Crippen LogP contribution in [0.2, 0.25) is 0 Å². The minimum Gasteiger partial charge on any atom is -0.480 e. The molecule has 2 amide bonds. The van der Waals surface area contributed by atoms with Crippen LogP contribution in [0.1, 0.15) is 30.0 Å². The molecule has 12 heteroatoms. The number of rotatable bonds is 6. The Balaban J connectivity index is 1.39. The molecule has 5 rings (SSSR count). The second-order valence-corrected chi connectivity index (χ2v) is 8.74. The molecule has 0 bridgehead atoms. The first-order valence-corrected chi connectivity index (χ1v) is 11.3. The van der Waals surface area contributed by atoms with E-state index in [9.17, 15) is 27.9 Å². The Bertz CT molecular complexity index is 1510. The van der Waals surface area contributed by atoms with Gasteiger partial charge in [-0.2, -0.15) is 18.3 Å². The largest absolute Gasteiger partial charge is 0.480 e. The van der Waals surface area contributed by atoms with Gasteiger partial charge in [0.1, 0.15) is 6.54 Å². The predicted molar refractivity (Wildman–Crippen MR) is 131 cm³/mol. The minimum absolute atomic E-state index is 0.00424. The molecule has 9 nitrogen and oxygen atoms in total. The van der Waals surface area contributed by atoms with Crippen molar-refractivity contribution in [2.45, 2.75) is 31.5 Å². The summed E-state index contributed by atoms with van der Waals surface area (Å²) in [5, 5.41) is 18.9. The number of fused-ring (bicyclic) bond motifs is 1. The van der Waals surface area contributed by atoms with E-state index in [1.54, 1.807) is 24.3 Å². The molecule has 2 aromatic carbocycles. The SMILES string of the molecule is Nc1nn(CC(=O)O)c2nc(C3CC3)cc(-c3ccc(NC(=O)Nc4cccc(C(F)(F)F)c4)cc3)c12. The summed E-state index contributed by atoms with van der Waals surface area (Å²) in [4.78, 5) is 28.3. The fourth-order valence-electron chi connectivity index (χ4n) is 4.07. The lowest BCUT2D eigenvalue weighted by Gasteiger charge is -2.12. The third-order valence-corrected chi connectivity index (χ3v) is 5.93. The molecule has 0 spiro atoms. The number of carbonyl (C=O) groups is 2. The van der Waals surface area contributed by atoms with Gasteiger partial charge < -0.3 is 21.5 Å². The molecule has 0 radical (unpaired) electrons. The highest BCUT2D eigenvalue weighted by molar-refractivity contribution is 6.02. The van der Waals surface area contributed by atoms with Crippen LogP contribution in [0.4, 0.5) is 35.2 Å². The van der Waals surface area contributed by atoms with Gasteiger partial charge in [-0.1, -0.05) is 18.2 Å². The zero-order chi connectivity index (χ0) is 26.3. The van der Waals surface area contributed by atoms with Crippen molar-refractivity contribution in [3.8, 4) is 11.1 Å². The number of hydrogen-bond acceptors (Lipinski definition) is 5. The molecule has 1 saturated carbocycles. The molecular formula is C25H21F3N6O3. The Kier molecular flexibility index (Phi) is 5.94. The third kappa shape index (κ3) is 5.17. The smallest absolute Gasteiger partial charge is 0.416 e. The maximum Gasteiger partial charge on any atom is 0.416 e.